The van der Waals surface area contributed by atoms with E-state index in [-0.39, 0.29) is 17.0 Å². The fourth-order valence-electron chi connectivity index (χ4n) is 4.59. The first kappa shape index (κ1) is 28.8. The van der Waals surface area contributed by atoms with Gasteiger partial charge in [0.05, 0.1) is 12.7 Å². The topological polar surface area (TPSA) is 120 Å². The highest BCUT2D eigenvalue weighted by atomic mass is 19.4. The summed E-state index contributed by atoms with van der Waals surface area (Å²) in [5, 5.41) is 8.90. The Morgan fingerprint density at radius 3 is 2.43 bits per heavy atom. The van der Waals surface area contributed by atoms with Crippen LogP contribution in [0.2, 0.25) is 0 Å². The van der Waals surface area contributed by atoms with Gasteiger partial charge < -0.3 is 30.5 Å². The standard InChI is InChI=1S/C28H30F3N9O2/c1-16-5-6-17(26(41)35-18-7-8-21(42-4)19(14-18)28(29,30)31)13-20(16)36-25-23-22(33-15-34-25)24(32-2)38-27(37-23)40-11-9-39(3)10-12-40/h5-8,13-15H,9-12H2,1-4H3,(H,35,41)(H,32,37,38)(H,33,34,36). The quantitative estimate of drug-likeness (QED) is 0.287. The number of rotatable bonds is 7. The zero-order chi connectivity index (χ0) is 30.0. The molecule has 0 spiro atoms. The lowest BCUT2D eigenvalue weighted by molar-refractivity contribution is -0.138. The summed E-state index contributed by atoms with van der Waals surface area (Å²) in [5.74, 6) is 0.615. The molecular formula is C28H30F3N9O2. The first-order valence-corrected chi connectivity index (χ1v) is 13.2. The van der Waals surface area contributed by atoms with Gasteiger partial charge in [-0.25, -0.2) is 15.0 Å². The van der Waals surface area contributed by atoms with Crippen molar-refractivity contribution in [2.75, 3.05) is 68.2 Å². The third-order valence-corrected chi connectivity index (χ3v) is 7.01. The average Bonchev–Trinajstić information content (AvgIpc) is 2.97. The van der Waals surface area contributed by atoms with Crippen molar-refractivity contribution in [3.8, 4) is 5.75 Å². The van der Waals surface area contributed by atoms with E-state index in [0.717, 1.165) is 44.9 Å². The fourth-order valence-corrected chi connectivity index (χ4v) is 4.59. The van der Waals surface area contributed by atoms with Crippen LogP contribution < -0.4 is 25.6 Å². The number of hydrogen-bond acceptors (Lipinski definition) is 10. The van der Waals surface area contributed by atoms with E-state index in [2.05, 4.69) is 47.7 Å². The molecule has 2 aromatic carbocycles. The Kier molecular flexibility index (Phi) is 7.98. The lowest BCUT2D eigenvalue weighted by Crippen LogP contribution is -2.45. The predicted octanol–water partition coefficient (Wildman–Crippen LogP) is 4.55. The van der Waals surface area contributed by atoms with Gasteiger partial charge in [0.25, 0.3) is 5.91 Å². The molecule has 1 fully saturated rings. The summed E-state index contributed by atoms with van der Waals surface area (Å²) >= 11 is 0. The number of alkyl halides is 3. The lowest BCUT2D eigenvalue weighted by atomic mass is 10.1. The third kappa shape index (κ3) is 5.98. The number of nitrogens with zero attached hydrogens (tertiary/aromatic N) is 6. The molecule has 220 valence electrons. The van der Waals surface area contributed by atoms with Crippen LogP contribution in [0.1, 0.15) is 21.5 Å². The molecule has 0 atom stereocenters. The number of methoxy groups -OCH3 is 1. The molecular weight excluding hydrogens is 551 g/mol. The molecule has 4 aromatic rings. The molecule has 0 radical (unpaired) electrons. The minimum Gasteiger partial charge on any atom is -0.496 e. The van der Waals surface area contributed by atoms with E-state index in [1.807, 2.05) is 6.92 Å². The number of fused-ring (bicyclic) bond motifs is 1. The second-order valence-electron chi connectivity index (χ2n) is 9.85. The van der Waals surface area contributed by atoms with Crippen LogP contribution in [0.3, 0.4) is 0 Å². The summed E-state index contributed by atoms with van der Waals surface area (Å²) in [6.07, 6.45) is -3.24. The van der Waals surface area contributed by atoms with Gasteiger partial charge in [-0.15, -0.1) is 0 Å². The second kappa shape index (κ2) is 11.6. The van der Waals surface area contributed by atoms with Crippen molar-refractivity contribution in [2.45, 2.75) is 13.1 Å². The van der Waals surface area contributed by atoms with Crippen molar-refractivity contribution >= 4 is 45.9 Å². The number of carbonyl (C=O) groups excluding carboxylic acids is 1. The maximum absolute atomic E-state index is 13.5. The number of halogens is 3. The Morgan fingerprint density at radius 2 is 1.74 bits per heavy atom. The molecule has 0 bridgehead atoms. The van der Waals surface area contributed by atoms with Crippen LogP contribution in [-0.2, 0) is 6.18 Å². The monoisotopic (exact) mass is 581 g/mol. The number of piperazine rings is 1. The van der Waals surface area contributed by atoms with Gasteiger partial charge >= 0.3 is 6.18 Å². The van der Waals surface area contributed by atoms with Crippen LogP contribution in [0, 0.1) is 6.92 Å². The van der Waals surface area contributed by atoms with Crippen molar-refractivity contribution in [1.29, 1.82) is 0 Å². The molecule has 1 aliphatic rings. The van der Waals surface area contributed by atoms with Crippen LogP contribution in [-0.4, -0.2) is 78.1 Å². The smallest absolute Gasteiger partial charge is 0.420 e. The molecule has 14 heteroatoms. The molecule has 1 saturated heterocycles. The molecule has 1 aliphatic heterocycles. The van der Waals surface area contributed by atoms with E-state index in [9.17, 15) is 18.0 Å². The molecule has 11 nitrogen and oxygen atoms in total. The minimum atomic E-state index is -4.64. The Balaban J connectivity index is 1.44. The molecule has 3 N–H and O–H groups in total. The first-order valence-electron chi connectivity index (χ1n) is 13.2. The van der Waals surface area contributed by atoms with Gasteiger partial charge in [0.15, 0.2) is 11.6 Å². The van der Waals surface area contributed by atoms with E-state index in [1.165, 1.54) is 18.5 Å². The van der Waals surface area contributed by atoms with Gasteiger partial charge in [0.1, 0.15) is 23.1 Å². The van der Waals surface area contributed by atoms with Crippen molar-refractivity contribution in [3.63, 3.8) is 0 Å². The summed E-state index contributed by atoms with van der Waals surface area (Å²) in [4.78, 5) is 35.7. The van der Waals surface area contributed by atoms with Crippen LogP contribution >= 0.6 is 0 Å². The predicted molar refractivity (Wildman–Crippen MR) is 155 cm³/mol. The van der Waals surface area contributed by atoms with Crippen LogP contribution in [0.5, 0.6) is 5.75 Å². The number of nitrogens with one attached hydrogen (secondary N) is 3. The fraction of sp³-hybridized carbons (Fsp3) is 0.321. The van der Waals surface area contributed by atoms with Crippen LogP contribution in [0.4, 0.5) is 42.1 Å². The van der Waals surface area contributed by atoms with Gasteiger partial charge in [-0.1, -0.05) is 6.07 Å². The Hall–Kier alpha value is -4.72. The average molecular weight is 582 g/mol. The summed E-state index contributed by atoms with van der Waals surface area (Å²) < 4.78 is 45.2. The highest BCUT2D eigenvalue weighted by molar-refractivity contribution is 6.05. The van der Waals surface area contributed by atoms with Crippen molar-refractivity contribution in [3.05, 3.63) is 59.4 Å². The van der Waals surface area contributed by atoms with E-state index >= 15 is 0 Å². The number of aromatic nitrogens is 4. The zero-order valence-electron chi connectivity index (χ0n) is 23.5. The number of anilines is 5. The highest BCUT2D eigenvalue weighted by Gasteiger charge is 2.34. The number of likely N-dealkylation sites (N-methyl/N-ethyl adjacent to an activating group) is 1. The third-order valence-electron chi connectivity index (χ3n) is 7.01. The SMILES string of the molecule is CNc1nc(N2CCN(C)CC2)nc2c(Nc3cc(C(=O)Nc4ccc(OC)c(C(F)(F)F)c4)ccc3C)ncnc12. The molecule has 0 aliphatic carbocycles. The summed E-state index contributed by atoms with van der Waals surface area (Å²) in [6, 6.07) is 8.29. The van der Waals surface area contributed by atoms with Gasteiger partial charge in [-0.05, 0) is 49.9 Å². The number of amides is 1. The molecule has 3 heterocycles. The molecule has 42 heavy (non-hydrogen) atoms. The number of carbonyl (C=O) groups is 1. The first-order chi connectivity index (χ1) is 20.1. The van der Waals surface area contributed by atoms with Crippen molar-refractivity contribution < 1.29 is 22.7 Å². The zero-order valence-corrected chi connectivity index (χ0v) is 23.5. The molecule has 5 rings (SSSR count). The van der Waals surface area contributed by atoms with Gasteiger partial charge in [-0.3, -0.25) is 4.79 Å². The number of hydrogen-bond donors (Lipinski definition) is 3. The summed E-state index contributed by atoms with van der Waals surface area (Å²) in [6.45, 7) is 5.17. The van der Waals surface area contributed by atoms with Gasteiger partial charge in [0.2, 0.25) is 5.95 Å². The largest absolute Gasteiger partial charge is 0.496 e. The number of benzene rings is 2. The Morgan fingerprint density at radius 1 is 0.976 bits per heavy atom. The molecule has 0 unspecified atom stereocenters. The Labute approximate surface area is 240 Å². The van der Waals surface area contributed by atoms with Crippen LogP contribution in [0.15, 0.2) is 42.7 Å². The van der Waals surface area contributed by atoms with E-state index in [4.69, 9.17) is 9.72 Å². The molecule has 2 aromatic heterocycles. The maximum Gasteiger partial charge on any atom is 0.420 e. The highest BCUT2D eigenvalue weighted by Crippen LogP contribution is 2.38. The van der Waals surface area contributed by atoms with Crippen molar-refractivity contribution in [1.82, 2.24) is 24.8 Å². The molecule has 0 saturated carbocycles. The maximum atomic E-state index is 13.5. The second-order valence-corrected chi connectivity index (χ2v) is 9.85. The number of aryl methyl sites for hydroxylation is 1. The number of ether oxygens (including phenoxy) is 1. The summed E-state index contributed by atoms with van der Waals surface area (Å²) in [5.41, 5.74) is 1.64. The lowest BCUT2D eigenvalue weighted by Gasteiger charge is -2.32. The normalized spacial score (nSPS) is 14.1. The van der Waals surface area contributed by atoms with E-state index < -0.39 is 17.6 Å². The van der Waals surface area contributed by atoms with Gasteiger partial charge in [0, 0.05) is 50.2 Å². The van der Waals surface area contributed by atoms with Gasteiger partial charge in [-0.2, -0.15) is 18.2 Å². The van der Waals surface area contributed by atoms with Crippen molar-refractivity contribution in [2.24, 2.45) is 0 Å². The molecule has 1 amide bonds. The summed E-state index contributed by atoms with van der Waals surface area (Å²) in [7, 11) is 4.99. The van der Waals surface area contributed by atoms with Crippen LogP contribution in [0.25, 0.3) is 11.0 Å². The van der Waals surface area contributed by atoms with E-state index in [0.29, 0.717) is 34.3 Å². The minimum absolute atomic E-state index is 0.0160. The Bertz CT molecular complexity index is 1620. The van der Waals surface area contributed by atoms with E-state index in [1.54, 1.807) is 25.2 Å².